The number of hydrogen-bond donors (Lipinski definition) is 7. The quantitative estimate of drug-likeness (QED) is 0.207. The lowest BCUT2D eigenvalue weighted by molar-refractivity contribution is 0.0159. The molecule has 0 bridgehead atoms. The summed E-state index contributed by atoms with van der Waals surface area (Å²) in [5, 5.41) is 28.8. The molecule has 0 radical (unpaired) electrons. The maximum absolute atomic E-state index is 9.67. The molecule has 1 rings (SSSR count). The van der Waals surface area contributed by atoms with Crippen LogP contribution in [0, 0.1) is 5.41 Å². The number of aliphatic hydroxyl groups is 2. The smallest absolute Gasteiger partial charge is 0.186 e. The van der Waals surface area contributed by atoms with E-state index in [4.69, 9.17) is 27.3 Å². The minimum atomic E-state index is -1.07. The maximum Gasteiger partial charge on any atom is 0.186 e. The first-order valence-corrected chi connectivity index (χ1v) is 5.06. The first kappa shape index (κ1) is 16.4. The first-order chi connectivity index (χ1) is 7.91. The van der Waals surface area contributed by atoms with E-state index in [2.05, 4.69) is 10.3 Å². The summed E-state index contributed by atoms with van der Waals surface area (Å²) in [6.07, 6.45) is -3.48. The number of aliphatic imine (C=N–C) groups is 1. The molecule has 0 aromatic rings. The zero-order valence-corrected chi connectivity index (χ0v) is 9.21. The van der Waals surface area contributed by atoms with Crippen molar-refractivity contribution >= 4 is 11.9 Å². The fourth-order valence-corrected chi connectivity index (χ4v) is 1.55. The van der Waals surface area contributed by atoms with Crippen LogP contribution < -0.4 is 22.5 Å². The van der Waals surface area contributed by atoms with Crippen molar-refractivity contribution in [2.45, 2.75) is 31.8 Å². The van der Waals surface area contributed by atoms with Crippen molar-refractivity contribution in [3.63, 3.8) is 0 Å². The van der Waals surface area contributed by atoms with E-state index in [-0.39, 0.29) is 32.4 Å². The van der Waals surface area contributed by atoms with Gasteiger partial charge in [0.15, 0.2) is 11.9 Å². The molecule has 1 aliphatic heterocycles. The fraction of sp³-hybridized carbons (Fsp3) is 0.778. The van der Waals surface area contributed by atoms with Crippen LogP contribution >= 0.6 is 0 Å². The molecule has 0 aliphatic carbocycles. The van der Waals surface area contributed by atoms with Gasteiger partial charge in [0.05, 0.1) is 6.54 Å². The maximum atomic E-state index is 9.67. The Morgan fingerprint density at radius 3 is 2.28 bits per heavy atom. The third kappa shape index (κ3) is 4.35. The molecule has 9 nitrogen and oxygen atoms in total. The van der Waals surface area contributed by atoms with Gasteiger partial charge in [0.1, 0.15) is 24.4 Å². The Balaban J connectivity index is 0.00000289. The number of rotatable bonds is 4. The molecule has 0 aromatic carbocycles. The van der Waals surface area contributed by atoms with Crippen molar-refractivity contribution in [3.8, 4) is 0 Å². The van der Waals surface area contributed by atoms with Gasteiger partial charge >= 0.3 is 0 Å². The molecular formula is C9H22N6O3. The lowest BCUT2D eigenvalue weighted by Gasteiger charge is -2.14. The van der Waals surface area contributed by atoms with E-state index in [0.29, 0.717) is 0 Å². The highest BCUT2D eigenvalue weighted by atomic mass is 16.5. The summed E-state index contributed by atoms with van der Waals surface area (Å²) in [6, 6.07) is 0. The highest BCUT2D eigenvalue weighted by Gasteiger charge is 2.42. The predicted molar refractivity (Wildman–Crippen MR) is 68.0 cm³/mol. The van der Waals surface area contributed by atoms with Crippen LogP contribution in [0.5, 0.6) is 0 Å². The van der Waals surface area contributed by atoms with E-state index in [9.17, 15) is 10.2 Å². The van der Waals surface area contributed by atoms with Crippen molar-refractivity contribution in [2.24, 2.45) is 22.2 Å². The molecule has 106 valence electrons. The molecule has 0 saturated carbocycles. The summed E-state index contributed by atoms with van der Waals surface area (Å²) in [5.74, 6) is -0.344. The second-order valence-electron chi connectivity index (χ2n) is 3.75. The lowest BCUT2D eigenvalue weighted by Crippen LogP contribution is -2.42. The average Bonchev–Trinajstić information content (AvgIpc) is 2.51. The average molecular weight is 262 g/mol. The molecule has 0 amide bonds. The minimum Gasteiger partial charge on any atom is -0.388 e. The fourth-order valence-electron chi connectivity index (χ4n) is 1.55. The molecule has 1 fully saturated rings. The van der Waals surface area contributed by atoms with Crippen molar-refractivity contribution < 1.29 is 14.9 Å². The van der Waals surface area contributed by atoms with Crippen LogP contribution in [0.25, 0.3) is 0 Å². The Morgan fingerprint density at radius 2 is 1.78 bits per heavy atom. The number of guanidine groups is 2. The molecule has 1 heterocycles. The van der Waals surface area contributed by atoms with Gasteiger partial charge in [0.25, 0.3) is 0 Å². The molecule has 10 N–H and O–H groups in total. The van der Waals surface area contributed by atoms with Crippen molar-refractivity contribution in [1.29, 1.82) is 5.41 Å². The van der Waals surface area contributed by atoms with Crippen molar-refractivity contribution in [2.75, 3.05) is 13.1 Å². The van der Waals surface area contributed by atoms with Crippen LogP contribution in [0.3, 0.4) is 0 Å². The zero-order chi connectivity index (χ0) is 13.0. The Morgan fingerprint density at radius 1 is 1.22 bits per heavy atom. The van der Waals surface area contributed by atoms with Gasteiger partial charge in [0.2, 0.25) is 0 Å². The minimum absolute atomic E-state index is 0. The second kappa shape index (κ2) is 6.99. The molecule has 4 atom stereocenters. The van der Waals surface area contributed by atoms with E-state index in [1.54, 1.807) is 0 Å². The van der Waals surface area contributed by atoms with Crippen molar-refractivity contribution in [1.82, 2.24) is 5.32 Å². The highest BCUT2D eigenvalue weighted by Crippen LogP contribution is 2.21. The van der Waals surface area contributed by atoms with Gasteiger partial charge in [0, 0.05) is 6.54 Å². The van der Waals surface area contributed by atoms with Gasteiger partial charge in [-0.2, -0.15) is 0 Å². The van der Waals surface area contributed by atoms with Gasteiger partial charge in [-0.15, -0.1) is 0 Å². The number of ether oxygens (including phenoxy) is 1. The molecular weight excluding hydrogens is 240 g/mol. The molecule has 0 aromatic heterocycles. The van der Waals surface area contributed by atoms with Gasteiger partial charge in [-0.05, 0) is 0 Å². The third-order valence-electron chi connectivity index (χ3n) is 2.41. The number of nitrogens with zero attached hydrogens (tertiary/aromatic N) is 1. The highest BCUT2D eigenvalue weighted by molar-refractivity contribution is 5.75. The molecule has 1 aliphatic rings. The molecule has 0 spiro atoms. The number of nitrogens with two attached hydrogens (primary N) is 3. The monoisotopic (exact) mass is 262 g/mol. The summed E-state index contributed by atoms with van der Waals surface area (Å²) >= 11 is 0. The molecule has 1 saturated heterocycles. The number of nitrogens with one attached hydrogen (secondary N) is 2. The van der Waals surface area contributed by atoms with Crippen LogP contribution in [0.15, 0.2) is 4.99 Å². The van der Waals surface area contributed by atoms with Crippen LogP contribution in [0.2, 0.25) is 0 Å². The van der Waals surface area contributed by atoms with E-state index >= 15 is 0 Å². The van der Waals surface area contributed by atoms with E-state index < -0.39 is 24.4 Å². The summed E-state index contributed by atoms with van der Waals surface area (Å²) in [6.45, 7) is 0.197. The largest absolute Gasteiger partial charge is 0.388 e. The Hall–Kier alpha value is -1.58. The summed E-state index contributed by atoms with van der Waals surface area (Å²) in [7, 11) is 0. The van der Waals surface area contributed by atoms with Crippen LogP contribution in [-0.2, 0) is 4.74 Å². The van der Waals surface area contributed by atoms with Crippen LogP contribution in [-0.4, -0.2) is 59.6 Å². The van der Waals surface area contributed by atoms with E-state index in [1.807, 2.05) is 0 Å². The SMILES string of the molecule is C.N=C(N)NC[C@H]1O[C@H](CN=C(N)N)[C@@H](O)[C@@H]1O. The zero-order valence-electron chi connectivity index (χ0n) is 9.21. The van der Waals surface area contributed by atoms with Crippen LogP contribution in [0.1, 0.15) is 7.43 Å². The van der Waals surface area contributed by atoms with Gasteiger partial charge < -0.3 is 37.5 Å². The molecule has 0 unspecified atom stereocenters. The van der Waals surface area contributed by atoms with E-state index in [1.165, 1.54) is 0 Å². The van der Waals surface area contributed by atoms with E-state index in [0.717, 1.165) is 0 Å². The Labute approximate surface area is 106 Å². The second-order valence-corrected chi connectivity index (χ2v) is 3.75. The van der Waals surface area contributed by atoms with Gasteiger partial charge in [-0.1, -0.05) is 7.43 Å². The Kier molecular flexibility index (Phi) is 6.37. The molecule has 18 heavy (non-hydrogen) atoms. The lowest BCUT2D eigenvalue weighted by atomic mass is 10.1. The molecule has 9 heteroatoms. The summed E-state index contributed by atoms with van der Waals surface area (Å²) in [5.41, 5.74) is 15.4. The van der Waals surface area contributed by atoms with Gasteiger partial charge in [-0.3, -0.25) is 10.4 Å². The number of hydrogen-bond acceptors (Lipinski definition) is 5. The summed E-state index contributed by atoms with van der Waals surface area (Å²) in [4.78, 5) is 3.71. The first-order valence-electron chi connectivity index (χ1n) is 5.06. The third-order valence-corrected chi connectivity index (χ3v) is 2.41. The van der Waals surface area contributed by atoms with Gasteiger partial charge in [-0.25, -0.2) is 0 Å². The van der Waals surface area contributed by atoms with Crippen molar-refractivity contribution in [3.05, 3.63) is 0 Å². The van der Waals surface area contributed by atoms with Crippen LogP contribution in [0.4, 0.5) is 0 Å². The predicted octanol–water partition coefficient (Wildman–Crippen LogP) is -3.13. The standard InChI is InChI=1S/C8H18N6O3.CH4/c9-7(10)13-1-3-5(15)6(16)4(17-3)2-14-8(11)12;/h3-6,15-16H,1-2H2,(H4,9,10,13)(H4,11,12,14);1H4/t3-,4-,5-,6-;/m1./s1. The summed E-state index contributed by atoms with van der Waals surface area (Å²) < 4.78 is 5.35. The normalized spacial score (nSPS) is 30.3. The topological polar surface area (TPSA) is 176 Å². The number of aliphatic hydroxyl groups excluding tert-OH is 2. The Bertz CT molecular complexity index is 307.